The van der Waals surface area contributed by atoms with Gasteiger partial charge in [-0.1, -0.05) is 46.0 Å². The maximum Gasteiger partial charge on any atom is 0.508 e. The average molecular weight is 544 g/mol. The first-order chi connectivity index (χ1) is 17.9. The van der Waals surface area contributed by atoms with Crippen LogP contribution in [0.3, 0.4) is 0 Å². The Bertz CT molecular complexity index is 709. The van der Waals surface area contributed by atoms with Gasteiger partial charge in [0.2, 0.25) is 0 Å². The predicted molar refractivity (Wildman–Crippen MR) is 146 cm³/mol. The number of nitrogens with zero attached hydrogens (tertiary/aromatic N) is 2. The van der Waals surface area contributed by atoms with Crippen LogP contribution in [-0.2, 0) is 9.47 Å². The first-order valence-electron chi connectivity index (χ1n) is 14.6. The zero-order valence-corrected chi connectivity index (χ0v) is 24.2. The Labute approximate surface area is 229 Å². The van der Waals surface area contributed by atoms with E-state index in [9.17, 15) is 24.9 Å². The van der Waals surface area contributed by atoms with Crippen LogP contribution in [0.25, 0.3) is 0 Å². The molecule has 1 aliphatic carbocycles. The highest BCUT2D eigenvalue weighted by Gasteiger charge is 2.43. The Hall–Kier alpha value is -1.62. The molecule has 0 spiro atoms. The number of urea groups is 1. The quantitative estimate of drug-likeness (QED) is 0.218. The van der Waals surface area contributed by atoms with Crippen LogP contribution in [0.4, 0.5) is 9.59 Å². The normalized spacial score (nSPS) is 25.3. The monoisotopic (exact) mass is 543 g/mol. The largest absolute Gasteiger partial charge is 0.508 e. The highest BCUT2D eigenvalue weighted by molar-refractivity contribution is 5.75. The van der Waals surface area contributed by atoms with Gasteiger partial charge in [-0.3, -0.25) is 4.90 Å². The number of rotatable bonds is 12. The summed E-state index contributed by atoms with van der Waals surface area (Å²) in [6.45, 7) is 11.3. The third-order valence-electron chi connectivity index (χ3n) is 7.33. The number of hydrogen-bond acceptors (Lipinski definition) is 8. The topological polar surface area (TPSA) is 132 Å². The lowest BCUT2D eigenvalue weighted by atomic mass is 9.93. The van der Waals surface area contributed by atoms with Crippen molar-refractivity contribution in [1.29, 1.82) is 0 Å². The fourth-order valence-electron chi connectivity index (χ4n) is 5.30. The van der Waals surface area contributed by atoms with E-state index in [1.54, 1.807) is 0 Å². The van der Waals surface area contributed by atoms with Gasteiger partial charge >= 0.3 is 12.2 Å². The second-order valence-electron chi connectivity index (χ2n) is 12.4. The smallest absolute Gasteiger partial charge is 0.434 e. The van der Waals surface area contributed by atoms with Crippen LogP contribution in [0, 0.1) is 5.92 Å². The molecule has 2 amide bonds. The van der Waals surface area contributed by atoms with Gasteiger partial charge in [0, 0.05) is 24.7 Å². The lowest BCUT2D eigenvalue weighted by Gasteiger charge is -2.44. The molecular weight excluding hydrogens is 490 g/mol. The minimum Gasteiger partial charge on any atom is -0.434 e. The highest BCUT2D eigenvalue weighted by Crippen LogP contribution is 2.25. The molecule has 0 radical (unpaired) electrons. The molecular formula is C28H53N3O7. The van der Waals surface area contributed by atoms with Crippen LogP contribution in [-0.4, -0.2) is 106 Å². The van der Waals surface area contributed by atoms with Gasteiger partial charge in [0.15, 0.2) is 0 Å². The van der Waals surface area contributed by atoms with E-state index >= 15 is 0 Å². The maximum atomic E-state index is 13.0. The summed E-state index contributed by atoms with van der Waals surface area (Å²) >= 11 is 0. The number of ether oxygens (including phenoxy) is 2. The fourth-order valence-corrected chi connectivity index (χ4v) is 5.30. The third-order valence-corrected chi connectivity index (χ3v) is 7.33. The average Bonchev–Trinajstić information content (AvgIpc) is 2.84. The number of carbonyl (C=O) groups excluding carboxylic acids is 2. The summed E-state index contributed by atoms with van der Waals surface area (Å²) in [6.07, 6.45) is 5.01. The van der Waals surface area contributed by atoms with Crippen molar-refractivity contribution in [1.82, 2.24) is 15.1 Å². The van der Waals surface area contributed by atoms with Crippen LogP contribution < -0.4 is 5.32 Å². The van der Waals surface area contributed by atoms with Gasteiger partial charge in [-0.25, -0.2) is 9.59 Å². The van der Waals surface area contributed by atoms with Crippen molar-refractivity contribution < 1.29 is 34.4 Å². The lowest BCUT2D eigenvalue weighted by molar-refractivity contribution is -0.152. The summed E-state index contributed by atoms with van der Waals surface area (Å²) in [5.41, 5.74) is -0.271. The standard InChI is InChI=1S/C28H53N3O7/c1-20(2)19-37-27(36)38-23-17-30(22(18-32)24(33)25(23)34)15-11-6-7-12-16-31(21-13-9-8-10-14-21)26(35)29-28(3,4)5/h20-25,32-34H,6-19H2,1-5H3,(H,29,35). The lowest BCUT2D eigenvalue weighted by Crippen LogP contribution is -2.63. The number of amides is 2. The van der Waals surface area contributed by atoms with Gasteiger partial charge in [0.25, 0.3) is 0 Å². The van der Waals surface area contributed by atoms with Gasteiger partial charge in [0.1, 0.15) is 18.3 Å². The molecule has 1 aliphatic heterocycles. The molecule has 2 rings (SSSR count). The van der Waals surface area contributed by atoms with E-state index in [1.165, 1.54) is 19.3 Å². The number of unbranched alkanes of at least 4 members (excludes halogenated alkanes) is 3. The van der Waals surface area contributed by atoms with Crippen LogP contribution in [0.5, 0.6) is 0 Å². The molecule has 1 saturated carbocycles. The Morgan fingerprint density at radius 2 is 1.68 bits per heavy atom. The van der Waals surface area contributed by atoms with E-state index in [0.717, 1.165) is 45.1 Å². The second kappa shape index (κ2) is 15.8. The molecule has 4 atom stereocenters. The molecule has 10 nitrogen and oxygen atoms in total. The number of nitrogens with one attached hydrogen (secondary N) is 1. The Morgan fingerprint density at radius 1 is 1.03 bits per heavy atom. The van der Waals surface area contributed by atoms with E-state index in [-0.39, 0.29) is 37.2 Å². The first kappa shape index (κ1) is 32.6. The van der Waals surface area contributed by atoms with Gasteiger partial charge in [-0.2, -0.15) is 0 Å². The minimum atomic E-state index is -1.29. The number of aliphatic hydroxyl groups excluding tert-OH is 3. The molecule has 0 aromatic carbocycles. The molecule has 2 fully saturated rings. The number of hydrogen-bond donors (Lipinski definition) is 4. The molecule has 1 heterocycles. The zero-order chi connectivity index (χ0) is 28.3. The molecule has 2 aliphatic rings. The zero-order valence-electron chi connectivity index (χ0n) is 24.2. The molecule has 10 heteroatoms. The molecule has 1 saturated heterocycles. The summed E-state index contributed by atoms with van der Waals surface area (Å²) in [6, 6.07) is -0.296. The van der Waals surface area contributed by atoms with Gasteiger partial charge in [-0.15, -0.1) is 0 Å². The summed E-state index contributed by atoms with van der Waals surface area (Å²) in [5, 5.41) is 33.9. The third kappa shape index (κ3) is 10.9. The van der Waals surface area contributed by atoms with Gasteiger partial charge < -0.3 is 35.0 Å². The summed E-state index contributed by atoms with van der Waals surface area (Å²) < 4.78 is 10.4. The number of piperidine rings is 1. The maximum absolute atomic E-state index is 13.0. The van der Waals surface area contributed by atoms with E-state index < -0.39 is 30.5 Å². The van der Waals surface area contributed by atoms with Crippen LogP contribution >= 0.6 is 0 Å². The minimum absolute atomic E-state index is 0.0222. The predicted octanol–water partition coefficient (Wildman–Crippen LogP) is 3.27. The van der Waals surface area contributed by atoms with Crippen molar-refractivity contribution in [3.8, 4) is 0 Å². The molecule has 0 bridgehead atoms. The molecule has 38 heavy (non-hydrogen) atoms. The first-order valence-corrected chi connectivity index (χ1v) is 14.6. The number of carbonyl (C=O) groups is 2. The Balaban J connectivity index is 1.82. The highest BCUT2D eigenvalue weighted by atomic mass is 16.7. The van der Waals surface area contributed by atoms with Crippen molar-refractivity contribution in [2.45, 2.75) is 128 Å². The van der Waals surface area contributed by atoms with E-state index in [0.29, 0.717) is 12.6 Å². The number of likely N-dealkylation sites (tertiary alicyclic amines) is 1. The van der Waals surface area contributed by atoms with Crippen molar-refractivity contribution in [2.75, 3.05) is 32.8 Å². The molecule has 4 unspecified atom stereocenters. The fraction of sp³-hybridized carbons (Fsp3) is 0.929. The van der Waals surface area contributed by atoms with E-state index in [2.05, 4.69) is 5.32 Å². The number of aliphatic hydroxyl groups is 3. The van der Waals surface area contributed by atoms with Crippen molar-refractivity contribution in [2.24, 2.45) is 5.92 Å². The van der Waals surface area contributed by atoms with Gasteiger partial charge in [0.05, 0.1) is 19.3 Å². The van der Waals surface area contributed by atoms with Crippen LogP contribution in [0.2, 0.25) is 0 Å². The van der Waals surface area contributed by atoms with Crippen LogP contribution in [0.1, 0.15) is 92.4 Å². The molecule has 222 valence electrons. The molecule has 0 aromatic rings. The van der Waals surface area contributed by atoms with Crippen LogP contribution in [0.15, 0.2) is 0 Å². The van der Waals surface area contributed by atoms with E-state index in [1.807, 2.05) is 44.4 Å². The van der Waals surface area contributed by atoms with Crippen molar-refractivity contribution >= 4 is 12.2 Å². The summed E-state index contributed by atoms with van der Waals surface area (Å²) in [7, 11) is 0. The van der Waals surface area contributed by atoms with Crippen molar-refractivity contribution in [3.05, 3.63) is 0 Å². The molecule has 0 aromatic heterocycles. The second-order valence-corrected chi connectivity index (χ2v) is 12.4. The Morgan fingerprint density at radius 3 is 2.29 bits per heavy atom. The Kier molecular flexibility index (Phi) is 13.6. The molecule has 4 N–H and O–H groups in total. The SMILES string of the molecule is CC(C)COC(=O)OC1CN(CCCCCCN(C(=O)NC(C)(C)C)C2CCCCC2)C(CO)C(O)C1O. The van der Waals surface area contributed by atoms with Crippen molar-refractivity contribution in [3.63, 3.8) is 0 Å². The van der Waals surface area contributed by atoms with Gasteiger partial charge in [-0.05, 0) is 58.9 Å². The summed E-state index contributed by atoms with van der Waals surface area (Å²) in [5.74, 6) is 0.155. The van der Waals surface area contributed by atoms with E-state index in [4.69, 9.17) is 9.47 Å². The summed E-state index contributed by atoms with van der Waals surface area (Å²) in [4.78, 5) is 28.9.